The summed E-state index contributed by atoms with van der Waals surface area (Å²) in [5.41, 5.74) is 2.15. The highest BCUT2D eigenvalue weighted by Crippen LogP contribution is 2.26. The SMILES string of the molecule is O=C(COC(=O)/C=C/c1ccc(OCc2c(Cl)cccc2Cl)cc1)Nc1cccc2ccccc12. The van der Waals surface area contributed by atoms with Gasteiger partial charge in [0.2, 0.25) is 0 Å². The Bertz CT molecular complexity index is 1360. The van der Waals surface area contributed by atoms with Crippen molar-refractivity contribution < 1.29 is 19.1 Å². The van der Waals surface area contributed by atoms with Gasteiger partial charge in [0.05, 0.1) is 0 Å². The molecule has 5 nitrogen and oxygen atoms in total. The van der Waals surface area contributed by atoms with E-state index in [0.717, 1.165) is 16.3 Å². The molecule has 0 aliphatic carbocycles. The Kier molecular flexibility index (Phi) is 8.03. The summed E-state index contributed by atoms with van der Waals surface area (Å²) >= 11 is 12.3. The van der Waals surface area contributed by atoms with Gasteiger partial charge in [0.1, 0.15) is 12.4 Å². The van der Waals surface area contributed by atoms with Gasteiger partial charge in [-0.1, -0.05) is 77.8 Å². The highest BCUT2D eigenvalue weighted by atomic mass is 35.5. The van der Waals surface area contributed by atoms with Gasteiger partial charge in [0.15, 0.2) is 6.61 Å². The first-order valence-corrected chi connectivity index (χ1v) is 11.5. The molecule has 1 amide bonds. The fourth-order valence-electron chi connectivity index (χ4n) is 3.37. The van der Waals surface area contributed by atoms with Crippen molar-refractivity contribution in [1.82, 2.24) is 0 Å². The number of ether oxygens (including phenoxy) is 2. The van der Waals surface area contributed by atoms with Crippen molar-refractivity contribution in [1.29, 1.82) is 0 Å². The molecule has 0 fully saturated rings. The van der Waals surface area contributed by atoms with Gasteiger partial charge >= 0.3 is 5.97 Å². The van der Waals surface area contributed by atoms with Crippen LogP contribution in [0.4, 0.5) is 5.69 Å². The maximum atomic E-state index is 12.2. The average Bonchev–Trinajstić information content (AvgIpc) is 2.87. The highest BCUT2D eigenvalue weighted by Gasteiger charge is 2.09. The minimum absolute atomic E-state index is 0.237. The number of benzene rings is 4. The van der Waals surface area contributed by atoms with Crippen LogP contribution in [-0.2, 0) is 20.9 Å². The number of carbonyl (C=O) groups excluding carboxylic acids is 2. The van der Waals surface area contributed by atoms with E-state index in [4.69, 9.17) is 32.7 Å². The van der Waals surface area contributed by atoms with E-state index < -0.39 is 11.9 Å². The third-order valence-corrected chi connectivity index (χ3v) is 5.85. The van der Waals surface area contributed by atoms with Crippen molar-refractivity contribution in [2.45, 2.75) is 6.61 Å². The molecule has 0 atom stereocenters. The highest BCUT2D eigenvalue weighted by molar-refractivity contribution is 6.35. The van der Waals surface area contributed by atoms with E-state index in [9.17, 15) is 9.59 Å². The molecule has 0 radical (unpaired) electrons. The average molecular weight is 506 g/mol. The van der Waals surface area contributed by atoms with Crippen molar-refractivity contribution >= 4 is 57.6 Å². The molecular weight excluding hydrogens is 485 g/mol. The Hall–Kier alpha value is -3.80. The molecule has 0 aromatic heterocycles. The number of hydrogen-bond donors (Lipinski definition) is 1. The van der Waals surface area contributed by atoms with Crippen molar-refractivity contribution in [3.63, 3.8) is 0 Å². The van der Waals surface area contributed by atoms with E-state index in [1.165, 1.54) is 6.08 Å². The Morgan fingerprint density at radius 3 is 2.29 bits per heavy atom. The molecular formula is C28H21Cl2NO4. The summed E-state index contributed by atoms with van der Waals surface area (Å²) in [5, 5.41) is 5.79. The van der Waals surface area contributed by atoms with Crippen molar-refractivity contribution in [2.24, 2.45) is 0 Å². The predicted octanol–water partition coefficient (Wildman–Crippen LogP) is 6.92. The molecule has 4 aromatic carbocycles. The van der Waals surface area contributed by atoms with Crippen LogP contribution in [0.2, 0.25) is 10.0 Å². The lowest BCUT2D eigenvalue weighted by molar-refractivity contribution is -0.142. The van der Waals surface area contributed by atoms with E-state index in [0.29, 0.717) is 27.0 Å². The Morgan fingerprint density at radius 2 is 1.51 bits per heavy atom. The first-order chi connectivity index (χ1) is 17.0. The normalized spacial score (nSPS) is 10.9. The number of halogens is 2. The van der Waals surface area contributed by atoms with Crippen LogP contribution in [0.5, 0.6) is 5.75 Å². The second kappa shape index (κ2) is 11.6. The molecule has 176 valence electrons. The lowest BCUT2D eigenvalue weighted by atomic mass is 10.1. The van der Waals surface area contributed by atoms with Gasteiger partial charge in [-0.05, 0) is 47.4 Å². The number of nitrogens with one attached hydrogen (secondary N) is 1. The first-order valence-electron chi connectivity index (χ1n) is 10.8. The van der Waals surface area contributed by atoms with Crippen LogP contribution in [-0.4, -0.2) is 18.5 Å². The summed E-state index contributed by atoms with van der Waals surface area (Å²) in [5.74, 6) is -0.402. The topological polar surface area (TPSA) is 64.6 Å². The molecule has 0 saturated carbocycles. The van der Waals surface area contributed by atoms with Gasteiger partial charge < -0.3 is 14.8 Å². The van der Waals surface area contributed by atoms with E-state index in [2.05, 4.69) is 5.32 Å². The summed E-state index contributed by atoms with van der Waals surface area (Å²) in [4.78, 5) is 24.3. The van der Waals surface area contributed by atoms with Crippen LogP contribution >= 0.6 is 23.2 Å². The maximum absolute atomic E-state index is 12.2. The van der Waals surface area contributed by atoms with Crippen LogP contribution in [0.15, 0.2) is 91.0 Å². The standard InChI is InChI=1S/C28H21Cl2NO4/c29-24-8-4-9-25(30)23(24)17-34-21-14-11-19(12-15-21)13-16-28(33)35-18-27(32)31-26-10-3-6-20-5-1-2-7-22(20)26/h1-16H,17-18H2,(H,31,32)/b16-13+. The Labute approximate surface area is 212 Å². The summed E-state index contributed by atoms with van der Waals surface area (Å²) in [6.07, 6.45) is 2.87. The van der Waals surface area contributed by atoms with Crippen molar-refractivity contribution in [3.8, 4) is 5.75 Å². The van der Waals surface area contributed by atoms with E-state index in [1.54, 1.807) is 54.6 Å². The molecule has 0 saturated heterocycles. The van der Waals surface area contributed by atoms with Crippen LogP contribution in [0.25, 0.3) is 16.8 Å². The lowest BCUT2D eigenvalue weighted by Crippen LogP contribution is -2.20. The second-order valence-electron chi connectivity index (χ2n) is 7.57. The third-order valence-electron chi connectivity index (χ3n) is 5.15. The van der Waals surface area contributed by atoms with Gasteiger partial charge in [0.25, 0.3) is 5.91 Å². The monoisotopic (exact) mass is 505 g/mol. The number of amides is 1. The third kappa shape index (κ3) is 6.63. The summed E-state index contributed by atoms with van der Waals surface area (Å²) < 4.78 is 10.8. The van der Waals surface area contributed by atoms with Crippen LogP contribution in [0.1, 0.15) is 11.1 Å². The van der Waals surface area contributed by atoms with Crippen molar-refractivity contribution in [3.05, 3.63) is 112 Å². The molecule has 4 aromatic rings. The molecule has 0 spiro atoms. The molecule has 0 unspecified atom stereocenters. The Balaban J connectivity index is 1.26. The van der Waals surface area contributed by atoms with E-state index >= 15 is 0 Å². The molecule has 0 heterocycles. The number of hydrogen-bond acceptors (Lipinski definition) is 4. The molecule has 0 aliphatic rings. The fraction of sp³-hybridized carbons (Fsp3) is 0.0714. The van der Waals surface area contributed by atoms with E-state index in [1.807, 2.05) is 36.4 Å². The van der Waals surface area contributed by atoms with Gasteiger partial charge in [0, 0.05) is 32.8 Å². The molecule has 4 rings (SSSR count). The smallest absolute Gasteiger partial charge is 0.331 e. The largest absolute Gasteiger partial charge is 0.489 e. The molecule has 7 heteroatoms. The zero-order valence-electron chi connectivity index (χ0n) is 18.5. The maximum Gasteiger partial charge on any atom is 0.331 e. The fourth-order valence-corrected chi connectivity index (χ4v) is 3.88. The van der Waals surface area contributed by atoms with Crippen LogP contribution in [0, 0.1) is 0 Å². The van der Waals surface area contributed by atoms with Gasteiger partial charge in [-0.25, -0.2) is 4.79 Å². The number of rotatable bonds is 8. The van der Waals surface area contributed by atoms with Gasteiger partial charge in [-0.15, -0.1) is 0 Å². The minimum Gasteiger partial charge on any atom is -0.489 e. The number of fused-ring (bicyclic) bond motifs is 1. The second-order valence-corrected chi connectivity index (χ2v) is 8.39. The minimum atomic E-state index is -0.619. The number of esters is 1. The van der Waals surface area contributed by atoms with Crippen LogP contribution < -0.4 is 10.1 Å². The lowest BCUT2D eigenvalue weighted by Gasteiger charge is -2.09. The quantitative estimate of drug-likeness (QED) is 0.208. The first kappa shape index (κ1) is 24.3. The number of carbonyl (C=O) groups is 2. The zero-order chi connectivity index (χ0) is 24.6. The van der Waals surface area contributed by atoms with Crippen LogP contribution in [0.3, 0.4) is 0 Å². The zero-order valence-corrected chi connectivity index (χ0v) is 20.1. The summed E-state index contributed by atoms with van der Waals surface area (Å²) in [6, 6.07) is 25.7. The predicted molar refractivity (Wildman–Crippen MR) is 140 cm³/mol. The Morgan fingerprint density at radius 1 is 0.829 bits per heavy atom. The number of anilines is 1. The summed E-state index contributed by atoms with van der Waals surface area (Å²) in [6.45, 7) is -0.148. The van der Waals surface area contributed by atoms with Crippen molar-refractivity contribution in [2.75, 3.05) is 11.9 Å². The van der Waals surface area contributed by atoms with E-state index in [-0.39, 0.29) is 13.2 Å². The molecule has 1 N–H and O–H groups in total. The van der Waals surface area contributed by atoms with Gasteiger partial charge in [-0.3, -0.25) is 4.79 Å². The molecule has 35 heavy (non-hydrogen) atoms. The molecule has 0 bridgehead atoms. The molecule has 0 aliphatic heterocycles. The van der Waals surface area contributed by atoms with Gasteiger partial charge in [-0.2, -0.15) is 0 Å². The summed E-state index contributed by atoms with van der Waals surface area (Å²) in [7, 11) is 0.